The van der Waals surface area contributed by atoms with Crippen LogP contribution >= 0.6 is 11.6 Å². The van der Waals surface area contributed by atoms with E-state index in [4.69, 9.17) is 16.7 Å². The molecule has 0 aliphatic carbocycles. The quantitative estimate of drug-likeness (QED) is 0.871. The summed E-state index contributed by atoms with van der Waals surface area (Å²) in [4.78, 5) is 10.7. The molecule has 0 heterocycles. The Morgan fingerprint density at radius 2 is 2.00 bits per heavy atom. The molecule has 1 atom stereocenters. The van der Waals surface area contributed by atoms with Crippen molar-refractivity contribution in [2.24, 2.45) is 5.92 Å². The van der Waals surface area contributed by atoms with Crippen molar-refractivity contribution in [2.45, 2.75) is 33.1 Å². The van der Waals surface area contributed by atoms with Gasteiger partial charge in [-0.05, 0) is 29.5 Å². The van der Waals surface area contributed by atoms with E-state index in [-0.39, 0.29) is 5.92 Å². The molecular formula is C13H17ClO2. The Labute approximate surface area is 101 Å². The maximum absolute atomic E-state index is 10.7. The number of carboxylic acid groups (broad SMARTS) is 1. The number of rotatable bonds is 4. The summed E-state index contributed by atoms with van der Waals surface area (Å²) in [5.41, 5.74) is 2.08. The highest BCUT2D eigenvalue weighted by Crippen LogP contribution is 2.26. The normalized spacial score (nSPS) is 12.8. The minimum Gasteiger partial charge on any atom is -0.481 e. The first-order chi connectivity index (χ1) is 7.41. The molecule has 0 amide bonds. The van der Waals surface area contributed by atoms with E-state index in [0.717, 1.165) is 16.1 Å². The molecule has 1 unspecified atom stereocenters. The Morgan fingerprint density at radius 1 is 1.38 bits per heavy atom. The fourth-order valence-electron chi connectivity index (χ4n) is 1.61. The Morgan fingerprint density at radius 3 is 2.44 bits per heavy atom. The largest absolute Gasteiger partial charge is 0.481 e. The van der Waals surface area contributed by atoms with Gasteiger partial charge in [0, 0.05) is 5.02 Å². The van der Waals surface area contributed by atoms with Gasteiger partial charge >= 0.3 is 5.97 Å². The zero-order valence-electron chi connectivity index (χ0n) is 9.83. The molecule has 1 N–H and O–H groups in total. The van der Waals surface area contributed by atoms with Crippen LogP contribution in [0.25, 0.3) is 0 Å². The maximum atomic E-state index is 10.7. The number of halogens is 1. The molecule has 0 aromatic heterocycles. The molecule has 0 bridgehead atoms. The first kappa shape index (κ1) is 13.0. The van der Waals surface area contributed by atoms with Gasteiger partial charge in [0.25, 0.3) is 0 Å². The molecular weight excluding hydrogens is 224 g/mol. The minimum atomic E-state index is -0.774. The average Bonchev–Trinajstić information content (AvgIpc) is 2.16. The van der Waals surface area contributed by atoms with E-state index in [1.807, 2.05) is 18.2 Å². The molecule has 88 valence electrons. The van der Waals surface area contributed by atoms with Gasteiger partial charge in [-0.1, -0.05) is 44.5 Å². The van der Waals surface area contributed by atoms with Gasteiger partial charge in [-0.15, -0.1) is 0 Å². The van der Waals surface area contributed by atoms with Gasteiger partial charge in [-0.25, -0.2) is 0 Å². The number of hydrogen-bond acceptors (Lipinski definition) is 1. The van der Waals surface area contributed by atoms with E-state index in [0.29, 0.717) is 12.3 Å². The number of aliphatic carboxylic acids is 1. The van der Waals surface area contributed by atoms with Crippen molar-refractivity contribution in [3.05, 3.63) is 34.3 Å². The van der Waals surface area contributed by atoms with Crippen LogP contribution in [-0.4, -0.2) is 11.1 Å². The predicted octanol–water partition coefficient (Wildman–Crippen LogP) is 3.73. The van der Waals surface area contributed by atoms with Crippen LogP contribution in [0.4, 0.5) is 0 Å². The lowest BCUT2D eigenvalue weighted by atomic mass is 9.97. The van der Waals surface area contributed by atoms with Crippen molar-refractivity contribution in [2.75, 3.05) is 0 Å². The molecule has 1 aromatic rings. The third-order valence-corrected chi connectivity index (χ3v) is 2.98. The van der Waals surface area contributed by atoms with Crippen molar-refractivity contribution in [3.8, 4) is 0 Å². The molecule has 0 aliphatic rings. The molecule has 0 saturated carbocycles. The van der Waals surface area contributed by atoms with Crippen LogP contribution < -0.4 is 0 Å². The standard InChI is InChI=1S/C13H17ClO2/c1-8(2)11-5-4-10(7-12(11)14)6-9(3)13(15)16/h4-5,7-9H,6H2,1-3H3,(H,15,16). The third-order valence-electron chi connectivity index (χ3n) is 2.65. The van der Waals surface area contributed by atoms with Crippen molar-refractivity contribution in [3.63, 3.8) is 0 Å². The van der Waals surface area contributed by atoms with Crippen LogP contribution in [0, 0.1) is 5.92 Å². The van der Waals surface area contributed by atoms with Gasteiger partial charge in [0.1, 0.15) is 0 Å². The van der Waals surface area contributed by atoms with Crippen molar-refractivity contribution < 1.29 is 9.90 Å². The van der Waals surface area contributed by atoms with E-state index in [1.165, 1.54) is 0 Å². The first-order valence-corrected chi connectivity index (χ1v) is 5.80. The molecule has 16 heavy (non-hydrogen) atoms. The molecule has 0 spiro atoms. The van der Waals surface area contributed by atoms with Crippen LogP contribution in [0.1, 0.15) is 37.8 Å². The second-order valence-electron chi connectivity index (χ2n) is 4.45. The minimum absolute atomic E-state index is 0.374. The number of benzene rings is 1. The topological polar surface area (TPSA) is 37.3 Å². The number of carbonyl (C=O) groups is 1. The van der Waals surface area contributed by atoms with Gasteiger partial charge in [-0.3, -0.25) is 4.79 Å². The molecule has 0 radical (unpaired) electrons. The Hall–Kier alpha value is -1.02. The number of carboxylic acids is 1. The second kappa shape index (κ2) is 5.35. The lowest BCUT2D eigenvalue weighted by molar-refractivity contribution is -0.141. The molecule has 2 nitrogen and oxygen atoms in total. The van der Waals surface area contributed by atoms with Gasteiger partial charge in [0.2, 0.25) is 0 Å². The Bertz CT molecular complexity index is 386. The summed E-state index contributed by atoms with van der Waals surface area (Å²) < 4.78 is 0. The van der Waals surface area contributed by atoms with Crippen molar-refractivity contribution in [1.82, 2.24) is 0 Å². The van der Waals surface area contributed by atoms with Crippen LogP contribution in [0.3, 0.4) is 0 Å². The van der Waals surface area contributed by atoms with Crippen LogP contribution in [0.15, 0.2) is 18.2 Å². The van der Waals surface area contributed by atoms with E-state index in [2.05, 4.69) is 13.8 Å². The summed E-state index contributed by atoms with van der Waals surface area (Å²) in [6.07, 6.45) is 0.521. The highest BCUT2D eigenvalue weighted by atomic mass is 35.5. The summed E-state index contributed by atoms with van der Waals surface area (Å²) in [6.45, 7) is 5.87. The van der Waals surface area contributed by atoms with Gasteiger partial charge in [0.05, 0.1) is 5.92 Å². The molecule has 0 fully saturated rings. The summed E-state index contributed by atoms with van der Waals surface area (Å²) in [5, 5.41) is 9.55. The lowest BCUT2D eigenvalue weighted by Crippen LogP contribution is -2.12. The molecule has 3 heteroatoms. The highest BCUT2D eigenvalue weighted by molar-refractivity contribution is 6.31. The molecule has 1 rings (SSSR count). The second-order valence-corrected chi connectivity index (χ2v) is 4.86. The lowest BCUT2D eigenvalue weighted by Gasteiger charge is -2.11. The monoisotopic (exact) mass is 240 g/mol. The number of hydrogen-bond donors (Lipinski definition) is 1. The van der Waals surface area contributed by atoms with E-state index in [1.54, 1.807) is 6.92 Å². The predicted molar refractivity (Wildman–Crippen MR) is 66.0 cm³/mol. The first-order valence-electron chi connectivity index (χ1n) is 5.43. The van der Waals surface area contributed by atoms with E-state index < -0.39 is 5.97 Å². The zero-order valence-corrected chi connectivity index (χ0v) is 10.6. The Balaban J connectivity index is 2.85. The summed E-state index contributed by atoms with van der Waals surface area (Å²) >= 11 is 6.14. The van der Waals surface area contributed by atoms with E-state index in [9.17, 15) is 4.79 Å². The third kappa shape index (κ3) is 3.24. The summed E-state index contributed by atoms with van der Waals surface area (Å²) in [7, 11) is 0. The smallest absolute Gasteiger partial charge is 0.306 e. The highest BCUT2D eigenvalue weighted by Gasteiger charge is 2.13. The fraction of sp³-hybridized carbons (Fsp3) is 0.462. The SMILES string of the molecule is CC(Cc1ccc(C(C)C)c(Cl)c1)C(=O)O. The van der Waals surface area contributed by atoms with Crippen molar-refractivity contribution >= 4 is 17.6 Å². The average molecular weight is 241 g/mol. The molecule has 0 aliphatic heterocycles. The van der Waals surface area contributed by atoms with E-state index >= 15 is 0 Å². The van der Waals surface area contributed by atoms with Gasteiger partial charge in [-0.2, -0.15) is 0 Å². The molecule has 0 saturated heterocycles. The van der Waals surface area contributed by atoms with Crippen LogP contribution in [0.5, 0.6) is 0 Å². The van der Waals surface area contributed by atoms with Gasteiger partial charge < -0.3 is 5.11 Å². The van der Waals surface area contributed by atoms with Crippen molar-refractivity contribution in [1.29, 1.82) is 0 Å². The van der Waals surface area contributed by atoms with Gasteiger partial charge in [0.15, 0.2) is 0 Å². The molecule has 1 aromatic carbocycles. The Kier molecular flexibility index (Phi) is 4.36. The summed E-state index contributed by atoms with van der Waals surface area (Å²) in [6, 6.07) is 5.81. The zero-order chi connectivity index (χ0) is 12.3. The summed E-state index contributed by atoms with van der Waals surface area (Å²) in [5.74, 6) is -0.761. The van der Waals surface area contributed by atoms with Crippen LogP contribution in [-0.2, 0) is 11.2 Å². The fourth-order valence-corrected chi connectivity index (χ4v) is 2.03. The van der Waals surface area contributed by atoms with Crippen LogP contribution in [0.2, 0.25) is 5.02 Å². The maximum Gasteiger partial charge on any atom is 0.306 e.